The zero-order valence-corrected chi connectivity index (χ0v) is 18.1. The van der Waals surface area contributed by atoms with Crippen LogP contribution in [0.25, 0.3) is 0 Å². The standard InChI is InChI=1S/C24H23ClN2O2S/c25-20-3-5-21(6-4-20)29-22-7-9-23(10-8-22)30-17-18-11-14-27(15-12-18)24(28)19-2-1-13-26-16-19/h1-10,13,16,18H,11-12,14-15,17H2. The second-order valence-corrected chi connectivity index (χ2v) is 8.85. The fraction of sp³-hybridized carbons (Fsp3) is 0.250. The van der Waals surface area contributed by atoms with Crippen LogP contribution in [0.15, 0.2) is 78.0 Å². The SMILES string of the molecule is O=C(c1cccnc1)N1CCC(CSc2ccc(Oc3ccc(Cl)cc3)cc2)CC1. The summed E-state index contributed by atoms with van der Waals surface area (Å²) in [5, 5.41) is 0.696. The molecular formula is C24H23ClN2O2S. The Balaban J connectivity index is 1.23. The predicted molar refractivity (Wildman–Crippen MR) is 122 cm³/mol. The normalized spacial score (nSPS) is 14.5. The number of hydrogen-bond acceptors (Lipinski definition) is 4. The van der Waals surface area contributed by atoms with Crippen molar-refractivity contribution in [3.63, 3.8) is 0 Å². The minimum atomic E-state index is 0.0884. The Morgan fingerprint density at radius 1 is 1.03 bits per heavy atom. The van der Waals surface area contributed by atoms with Gasteiger partial charge in [-0.3, -0.25) is 9.78 Å². The van der Waals surface area contributed by atoms with Crippen LogP contribution in [0.1, 0.15) is 23.2 Å². The van der Waals surface area contributed by atoms with Gasteiger partial charge in [-0.15, -0.1) is 11.8 Å². The predicted octanol–water partition coefficient (Wildman–Crippen LogP) is 6.17. The summed E-state index contributed by atoms with van der Waals surface area (Å²) in [6.45, 7) is 1.62. The van der Waals surface area contributed by atoms with Crippen LogP contribution in [-0.2, 0) is 0 Å². The molecule has 0 bridgehead atoms. The summed E-state index contributed by atoms with van der Waals surface area (Å²) < 4.78 is 5.84. The Kier molecular flexibility index (Phi) is 6.92. The Hall–Kier alpha value is -2.50. The molecule has 1 amide bonds. The smallest absolute Gasteiger partial charge is 0.255 e. The lowest BCUT2D eigenvalue weighted by Gasteiger charge is -2.31. The molecule has 4 nitrogen and oxygen atoms in total. The molecule has 2 heterocycles. The fourth-order valence-corrected chi connectivity index (χ4v) is 4.65. The highest BCUT2D eigenvalue weighted by molar-refractivity contribution is 7.99. The van der Waals surface area contributed by atoms with Gasteiger partial charge in [-0.2, -0.15) is 0 Å². The Bertz CT molecular complexity index is 957. The molecule has 0 unspecified atom stereocenters. The minimum Gasteiger partial charge on any atom is -0.457 e. The summed E-state index contributed by atoms with van der Waals surface area (Å²) in [5.74, 6) is 3.35. The summed E-state index contributed by atoms with van der Waals surface area (Å²) in [4.78, 5) is 19.7. The topological polar surface area (TPSA) is 42.4 Å². The first-order valence-corrected chi connectivity index (χ1v) is 11.4. The van der Waals surface area contributed by atoms with Crippen LogP contribution in [-0.4, -0.2) is 34.6 Å². The zero-order chi connectivity index (χ0) is 20.8. The van der Waals surface area contributed by atoms with Crippen molar-refractivity contribution < 1.29 is 9.53 Å². The summed E-state index contributed by atoms with van der Waals surface area (Å²) in [6.07, 6.45) is 5.41. The van der Waals surface area contributed by atoms with E-state index in [2.05, 4.69) is 17.1 Å². The van der Waals surface area contributed by atoms with E-state index in [0.29, 0.717) is 16.5 Å². The second kappa shape index (κ2) is 10.0. The summed E-state index contributed by atoms with van der Waals surface area (Å²) >= 11 is 7.77. The van der Waals surface area contributed by atoms with Gasteiger partial charge in [0.15, 0.2) is 0 Å². The Morgan fingerprint density at radius 2 is 1.70 bits per heavy atom. The summed E-state index contributed by atoms with van der Waals surface area (Å²) in [6, 6.07) is 19.2. The van der Waals surface area contributed by atoms with Gasteiger partial charge in [-0.05, 0) is 79.4 Å². The van der Waals surface area contributed by atoms with Gasteiger partial charge in [-0.25, -0.2) is 0 Å². The van der Waals surface area contributed by atoms with Crippen molar-refractivity contribution in [1.82, 2.24) is 9.88 Å². The maximum absolute atomic E-state index is 12.5. The molecule has 1 aliphatic rings. The van der Waals surface area contributed by atoms with Crippen LogP contribution < -0.4 is 4.74 Å². The molecule has 6 heteroatoms. The van der Waals surface area contributed by atoms with E-state index in [0.717, 1.165) is 43.2 Å². The number of nitrogens with zero attached hydrogens (tertiary/aromatic N) is 2. The zero-order valence-electron chi connectivity index (χ0n) is 16.5. The monoisotopic (exact) mass is 438 g/mol. The lowest BCUT2D eigenvalue weighted by molar-refractivity contribution is 0.0698. The van der Waals surface area contributed by atoms with Gasteiger partial charge in [0.05, 0.1) is 5.56 Å². The van der Waals surface area contributed by atoms with Gasteiger partial charge in [0.25, 0.3) is 5.91 Å². The van der Waals surface area contributed by atoms with Crippen LogP contribution in [0.4, 0.5) is 0 Å². The molecule has 1 fully saturated rings. The van der Waals surface area contributed by atoms with Crippen molar-refractivity contribution in [1.29, 1.82) is 0 Å². The molecule has 30 heavy (non-hydrogen) atoms. The molecule has 3 aromatic rings. The van der Waals surface area contributed by atoms with E-state index >= 15 is 0 Å². The highest BCUT2D eigenvalue weighted by Crippen LogP contribution is 2.29. The number of aromatic nitrogens is 1. The van der Waals surface area contributed by atoms with Crippen LogP contribution in [0.2, 0.25) is 5.02 Å². The quantitative estimate of drug-likeness (QED) is 0.431. The van der Waals surface area contributed by atoms with E-state index in [1.807, 2.05) is 65.2 Å². The van der Waals surface area contributed by atoms with Crippen molar-refractivity contribution in [2.75, 3.05) is 18.8 Å². The number of carbonyl (C=O) groups excluding carboxylic acids is 1. The summed E-state index contributed by atoms with van der Waals surface area (Å²) in [5.41, 5.74) is 0.672. The van der Waals surface area contributed by atoms with Crippen molar-refractivity contribution in [2.24, 2.45) is 5.92 Å². The van der Waals surface area contributed by atoms with E-state index in [1.165, 1.54) is 4.90 Å². The highest BCUT2D eigenvalue weighted by atomic mass is 35.5. The maximum Gasteiger partial charge on any atom is 0.255 e. The van der Waals surface area contributed by atoms with Gasteiger partial charge >= 0.3 is 0 Å². The molecule has 0 atom stereocenters. The van der Waals surface area contributed by atoms with E-state index in [4.69, 9.17) is 16.3 Å². The number of hydrogen-bond donors (Lipinski definition) is 0. The number of thioether (sulfide) groups is 1. The molecule has 1 aliphatic heterocycles. The molecule has 1 saturated heterocycles. The number of piperidine rings is 1. The number of carbonyl (C=O) groups is 1. The third-order valence-corrected chi connectivity index (χ3v) is 6.66. The van der Waals surface area contributed by atoms with Crippen LogP contribution in [0.5, 0.6) is 11.5 Å². The first-order chi connectivity index (χ1) is 14.7. The maximum atomic E-state index is 12.5. The van der Waals surface area contributed by atoms with Crippen molar-refractivity contribution in [3.05, 3.63) is 83.6 Å². The number of halogens is 1. The number of amides is 1. The Morgan fingerprint density at radius 3 is 2.33 bits per heavy atom. The van der Waals surface area contributed by atoms with Crippen molar-refractivity contribution in [2.45, 2.75) is 17.7 Å². The molecule has 2 aromatic carbocycles. The van der Waals surface area contributed by atoms with Crippen LogP contribution >= 0.6 is 23.4 Å². The second-order valence-electron chi connectivity index (χ2n) is 7.32. The third kappa shape index (κ3) is 5.55. The molecule has 4 rings (SSSR count). The summed E-state index contributed by atoms with van der Waals surface area (Å²) in [7, 11) is 0. The number of pyridine rings is 1. The first-order valence-electron chi connectivity index (χ1n) is 10.0. The van der Waals surface area contributed by atoms with Crippen LogP contribution in [0, 0.1) is 5.92 Å². The highest BCUT2D eigenvalue weighted by Gasteiger charge is 2.23. The lowest BCUT2D eigenvalue weighted by atomic mass is 9.98. The van der Waals surface area contributed by atoms with E-state index in [-0.39, 0.29) is 5.91 Å². The van der Waals surface area contributed by atoms with Gasteiger partial charge < -0.3 is 9.64 Å². The van der Waals surface area contributed by atoms with Gasteiger partial charge in [0.2, 0.25) is 0 Å². The molecule has 0 aliphatic carbocycles. The van der Waals surface area contributed by atoms with Crippen molar-refractivity contribution >= 4 is 29.3 Å². The number of benzene rings is 2. The molecule has 1 aromatic heterocycles. The number of ether oxygens (including phenoxy) is 1. The van der Waals surface area contributed by atoms with Crippen LogP contribution in [0.3, 0.4) is 0 Å². The molecule has 0 N–H and O–H groups in total. The number of likely N-dealkylation sites (tertiary alicyclic amines) is 1. The lowest BCUT2D eigenvalue weighted by Crippen LogP contribution is -2.39. The van der Waals surface area contributed by atoms with E-state index in [9.17, 15) is 4.79 Å². The van der Waals surface area contributed by atoms with Crippen molar-refractivity contribution in [3.8, 4) is 11.5 Å². The average molecular weight is 439 g/mol. The van der Waals surface area contributed by atoms with Gasteiger partial charge in [0.1, 0.15) is 11.5 Å². The van der Waals surface area contributed by atoms with Gasteiger partial charge in [-0.1, -0.05) is 11.6 Å². The molecule has 0 spiro atoms. The van der Waals surface area contributed by atoms with E-state index in [1.54, 1.807) is 12.4 Å². The molecular weight excluding hydrogens is 416 g/mol. The van der Waals surface area contributed by atoms with Gasteiger partial charge in [0, 0.05) is 41.2 Å². The average Bonchev–Trinajstić information content (AvgIpc) is 2.80. The first kappa shape index (κ1) is 20.8. The molecule has 0 saturated carbocycles. The number of rotatable bonds is 6. The Labute approximate surface area is 186 Å². The van der Waals surface area contributed by atoms with E-state index < -0.39 is 0 Å². The largest absolute Gasteiger partial charge is 0.457 e. The minimum absolute atomic E-state index is 0.0884. The fourth-order valence-electron chi connectivity index (χ4n) is 3.43. The molecule has 0 radical (unpaired) electrons. The molecule has 154 valence electrons. The third-order valence-electron chi connectivity index (χ3n) is 5.17.